The van der Waals surface area contributed by atoms with Gasteiger partial charge < -0.3 is 14.7 Å². The van der Waals surface area contributed by atoms with Crippen molar-refractivity contribution in [1.29, 1.82) is 0 Å². The summed E-state index contributed by atoms with van der Waals surface area (Å²) >= 11 is 6.38. The molecule has 9 heteroatoms. The zero-order valence-electron chi connectivity index (χ0n) is 23.7. The number of aliphatic hydroxyl groups excluding tert-OH is 1. The van der Waals surface area contributed by atoms with E-state index >= 15 is 0 Å². The van der Waals surface area contributed by atoms with Gasteiger partial charge in [0, 0.05) is 30.5 Å². The van der Waals surface area contributed by atoms with Gasteiger partial charge in [0.1, 0.15) is 5.75 Å². The van der Waals surface area contributed by atoms with Gasteiger partial charge in [0.05, 0.1) is 23.6 Å². The van der Waals surface area contributed by atoms with Gasteiger partial charge >= 0.3 is 0 Å². The summed E-state index contributed by atoms with van der Waals surface area (Å²) in [7, 11) is -3.91. The average molecular weight is 601 g/mol. The van der Waals surface area contributed by atoms with Gasteiger partial charge in [-0.1, -0.05) is 36.7 Å². The fourth-order valence-electron chi connectivity index (χ4n) is 7.16. The Kier molecular flexibility index (Phi) is 7.62. The first-order valence-corrected chi connectivity index (χ1v) is 16.7. The van der Waals surface area contributed by atoms with E-state index in [0.717, 1.165) is 42.8 Å². The summed E-state index contributed by atoms with van der Waals surface area (Å²) in [5.41, 5.74) is 3.33. The molecule has 2 N–H and O–H groups in total. The van der Waals surface area contributed by atoms with Crippen molar-refractivity contribution in [1.82, 2.24) is 4.72 Å². The van der Waals surface area contributed by atoms with E-state index in [4.69, 9.17) is 16.3 Å². The summed E-state index contributed by atoms with van der Waals surface area (Å²) in [6, 6.07) is 11.4. The Hall–Kier alpha value is -2.55. The van der Waals surface area contributed by atoms with Crippen LogP contribution in [0.5, 0.6) is 5.75 Å². The number of allylic oxidation sites excluding steroid dienone is 1. The fraction of sp³-hybridized carbons (Fsp3) is 0.531. The van der Waals surface area contributed by atoms with Gasteiger partial charge in [-0.3, -0.25) is 4.79 Å². The molecule has 2 aliphatic heterocycles. The molecule has 6 rings (SSSR count). The molecular weight excluding hydrogens is 560 g/mol. The molecule has 2 aromatic rings. The van der Waals surface area contributed by atoms with E-state index in [1.165, 1.54) is 11.1 Å². The number of nitrogens with zero attached hydrogens (tertiary/aromatic N) is 1. The van der Waals surface area contributed by atoms with Crippen LogP contribution in [0.1, 0.15) is 68.9 Å². The van der Waals surface area contributed by atoms with Crippen molar-refractivity contribution in [3.05, 3.63) is 70.3 Å². The summed E-state index contributed by atoms with van der Waals surface area (Å²) in [5.74, 6) is 0.232. The highest BCUT2D eigenvalue weighted by atomic mass is 35.5. The third kappa shape index (κ3) is 5.39. The van der Waals surface area contributed by atoms with Gasteiger partial charge in [-0.2, -0.15) is 0 Å². The molecule has 2 aromatic carbocycles. The number of halogens is 1. The highest BCUT2D eigenvalue weighted by Gasteiger charge is 2.44. The molecule has 1 amide bonds. The Morgan fingerprint density at radius 1 is 1.17 bits per heavy atom. The normalized spacial score (nSPS) is 33.8. The Labute approximate surface area is 249 Å². The van der Waals surface area contributed by atoms with Crippen LogP contribution in [0.2, 0.25) is 5.02 Å². The maximum Gasteiger partial charge on any atom is 0.264 e. The largest absolute Gasteiger partial charge is 0.490 e. The van der Waals surface area contributed by atoms with E-state index in [-0.39, 0.29) is 30.2 Å². The van der Waals surface area contributed by atoms with Crippen LogP contribution in [0, 0.1) is 17.8 Å². The van der Waals surface area contributed by atoms with E-state index in [2.05, 4.69) is 21.8 Å². The number of nitrogens with one attached hydrogen (secondary N) is 1. The van der Waals surface area contributed by atoms with E-state index < -0.39 is 27.3 Å². The molecule has 7 nitrogen and oxygen atoms in total. The molecule has 0 aromatic heterocycles. The van der Waals surface area contributed by atoms with Gasteiger partial charge in [-0.05, 0) is 105 Å². The minimum atomic E-state index is -3.91. The third-order valence-corrected chi connectivity index (χ3v) is 12.2. The monoisotopic (exact) mass is 600 g/mol. The Balaban J connectivity index is 0.00000353. The zero-order chi connectivity index (χ0) is 28.9. The Morgan fingerprint density at radius 3 is 2.78 bits per heavy atom. The number of amides is 1. The number of aliphatic hydroxyl groups is 1. The van der Waals surface area contributed by atoms with Crippen LogP contribution in [-0.4, -0.2) is 50.5 Å². The number of carbonyl (C=O) groups excluding carboxylic acids is 1. The van der Waals surface area contributed by atoms with Crippen LogP contribution in [0.4, 0.5) is 5.69 Å². The number of sulfonamides is 1. The Bertz CT molecular complexity index is 1480. The first-order valence-electron chi connectivity index (χ1n) is 14.8. The molecule has 2 aliphatic carbocycles. The number of carbonyl (C=O) groups is 1. The van der Waals surface area contributed by atoms with E-state index in [1.807, 2.05) is 25.1 Å². The van der Waals surface area contributed by atoms with Crippen molar-refractivity contribution >= 4 is 33.2 Å². The van der Waals surface area contributed by atoms with Gasteiger partial charge in [-0.15, -0.1) is 0 Å². The number of rotatable bonds is 0. The van der Waals surface area contributed by atoms with E-state index in [1.54, 1.807) is 25.1 Å². The average Bonchev–Trinajstić information content (AvgIpc) is 3.06. The minimum Gasteiger partial charge on any atom is -0.490 e. The molecule has 6 atom stereocenters. The van der Waals surface area contributed by atoms with Crippen molar-refractivity contribution in [3.63, 3.8) is 0 Å². The first kappa shape index (κ1) is 28.6. The highest BCUT2D eigenvalue weighted by molar-refractivity contribution is 7.90. The van der Waals surface area contributed by atoms with Crippen molar-refractivity contribution in [2.45, 2.75) is 69.1 Å². The third-order valence-electron chi connectivity index (χ3n) is 10.0. The lowest BCUT2D eigenvalue weighted by atomic mass is 9.68. The molecule has 2 heterocycles. The van der Waals surface area contributed by atoms with Crippen molar-refractivity contribution in [3.8, 4) is 5.75 Å². The fourth-order valence-corrected chi connectivity index (χ4v) is 8.64. The lowest BCUT2D eigenvalue weighted by Crippen LogP contribution is -2.49. The Morgan fingerprint density at radius 2 is 2.00 bits per heavy atom. The molecule has 222 valence electrons. The second-order valence-corrected chi connectivity index (χ2v) is 15.1. The number of benzene rings is 2. The predicted octanol–water partition coefficient (Wildman–Crippen LogP) is 5.49. The van der Waals surface area contributed by atoms with Crippen LogP contribution < -0.4 is 14.4 Å². The smallest absolute Gasteiger partial charge is 0.264 e. The summed E-state index contributed by atoms with van der Waals surface area (Å²) < 4.78 is 35.1. The molecule has 4 aliphatic rings. The van der Waals surface area contributed by atoms with Crippen LogP contribution >= 0.6 is 11.6 Å². The quantitative estimate of drug-likeness (QED) is 0.388. The number of aryl methyl sites for hydroxylation is 1. The summed E-state index contributed by atoms with van der Waals surface area (Å²) in [4.78, 5) is 15.6. The number of fused-ring (bicyclic) bond motifs is 4. The molecule has 1 fully saturated rings. The number of ether oxygens (including phenoxy) is 1. The molecule has 2 bridgehead atoms. The van der Waals surface area contributed by atoms with Crippen LogP contribution in [-0.2, 0) is 21.9 Å². The van der Waals surface area contributed by atoms with Crippen molar-refractivity contribution in [2.24, 2.45) is 17.8 Å². The summed E-state index contributed by atoms with van der Waals surface area (Å²) in [5, 5.41) is 11.1. The van der Waals surface area contributed by atoms with Gasteiger partial charge in [0.2, 0.25) is 10.0 Å². The zero-order valence-corrected chi connectivity index (χ0v) is 25.3. The van der Waals surface area contributed by atoms with E-state index in [0.29, 0.717) is 31.9 Å². The molecule has 1 spiro atoms. The summed E-state index contributed by atoms with van der Waals surface area (Å²) in [6.07, 6.45) is 8.58. The molecule has 0 radical (unpaired) electrons. The predicted molar refractivity (Wildman–Crippen MR) is 163 cm³/mol. The molecule has 1 saturated carbocycles. The molecule has 41 heavy (non-hydrogen) atoms. The molecule has 0 saturated heterocycles. The van der Waals surface area contributed by atoms with Crippen LogP contribution in [0.25, 0.3) is 0 Å². The number of anilines is 1. The molecular formula is C32H41ClN2O5S. The van der Waals surface area contributed by atoms with Crippen molar-refractivity contribution in [2.75, 3.05) is 24.6 Å². The number of hydrogen-bond donors (Lipinski definition) is 2. The second kappa shape index (κ2) is 10.9. The maximum absolute atomic E-state index is 13.3. The topological polar surface area (TPSA) is 95.9 Å². The maximum atomic E-state index is 13.3. The van der Waals surface area contributed by atoms with Gasteiger partial charge in [0.25, 0.3) is 5.91 Å². The SMILES string of the molecule is C[C@@H]1[C@@H](C)C/C=C/[C@H](O)[C@@H]2CC[C@H]2CN2C[C@@]3(CCCc4cc(Cl)ccc43)COc3ccc(cc32)C(=O)NS1(=O)=O.[HH]. The van der Waals surface area contributed by atoms with Crippen molar-refractivity contribution < 1.29 is 24.5 Å². The standard InChI is InChI=1S/C32H39ClN2O5S.H2/c1-20-5-3-7-29(36)26-11-8-24(26)17-35-18-32(14-4-6-22-15-25(33)10-12-27(22)32)19-40-30-13-9-23(16-28(30)35)31(37)34-41(38,39)21(20)2;/h3,7,9-10,12-13,15-16,20-21,24,26,29,36H,4-6,8,11,14,17-19H2,1-2H3,(H,34,37);1H/b7-3+;/t20-,21+,24-,26+,29-,32-;/m0./s1. The first-order chi connectivity index (χ1) is 19.6. The number of hydrogen-bond acceptors (Lipinski definition) is 6. The van der Waals surface area contributed by atoms with Gasteiger partial charge in [-0.25, -0.2) is 13.1 Å². The lowest BCUT2D eigenvalue weighted by molar-refractivity contribution is 0.0456. The van der Waals surface area contributed by atoms with Gasteiger partial charge in [0.15, 0.2) is 0 Å². The lowest BCUT2D eigenvalue weighted by Gasteiger charge is -2.45. The highest BCUT2D eigenvalue weighted by Crippen LogP contribution is 2.46. The minimum absolute atomic E-state index is 0. The summed E-state index contributed by atoms with van der Waals surface area (Å²) in [6.45, 7) is 5.39. The second-order valence-electron chi connectivity index (χ2n) is 12.6. The van der Waals surface area contributed by atoms with Crippen LogP contribution in [0.3, 0.4) is 0 Å². The van der Waals surface area contributed by atoms with Crippen LogP contribution in [0.15, 0.2) is 48.6 Å². The molecule has 0 unspecified atom stereocenters. The van der Waals surface area contributed by atoms with E-state index in [9.17, 15) is 18.3 Å².